The lowest BCUT2D eigenvalue weighted by atomic mass is 10.1. The Hall–Kier alpha value is -3.27. The number of H-pyrrole nitrogens is 1. The number of carbonyl (C=O) groups is 2. The van der Waals surface area contributed by atoms with Gasteiger partial charge in [-0.25, -0.2) is 19.0 Å². The summed E-state index contributed by atoms with van der Waals surface area (Å²) in [5, 5.41) is 4.48. The topological polar surface area (TPSA) is 99.8 Å². The number of hydrogen-bond acceptors (Lipinski definition) is 6. The molecular formula is C26H33ClFN5O4. The zero-order valence-corrected chi connectivity index (χ0v) is 22.9. The van der Waals surface area contributed by atoms with Crippen molar-refractivity contribution in [2.24, 2.45) is 0 Å². The van der Waals surface area contributed by atoms with Gasteiger partial charge in [-0.2, -0.15) is 0 Å². The number of benzene rings is 1. The number of pyridine rings is 1. The number of rotatable bonds is 3. The van der Waals surface area contributed by atoms with E-state index in [-0.39, 0.29) is 6.04 Å². The van der Waals surface area contributed by atoms with Crippen molar-refractivity contribution in [1.82, 2.24) is 15.3 Å². The van der Waals surface area contributed by atoms with E-state index >= 15 is 0 Å². The van der Waals surface area contributed by atoms with Crippen LogP contribution in [0.15, 0.2) is 18.3 Å². The number of hydrogen-bond donors (Lipinski definition) is 2. The van der Waals surface area contributed by atoms with Crippen molar-refractivity contribution in [3.05, 3.63) is 29.2 Å². The highest BCUT2D eigenvalue weighted by Gasteiger charge is 2.30. The number of alkyl carbamates (subject to hydrolysis) is 1. The van der Waals surface area contributed by atoms with Crippen LogP contribution in [0.5, 0.6) is 0 Å². The molecule has 1 saturated heterocycles. The van der Waals surface area contributed by atoms with E-state index in [1.54, 1.807) is 20.8 Å². The number of carbonyl (C=O) groups excluding carboxylic acids is 2. The molecule has 1 aromatic carbocycles. The maximum absolute atomic E-state index is 14.9. The zero-order chi connectivity index (χ0) is 27.3. The highest BCUT2D eigenvalue weighted by molar-refractivity contribution is 6.36. The summed E-state index contributed by atoms with van der Waals surface area (Å²) < 4.78 is 25.8. The molecule has 3 heterocycles. The molecule has 2 amide bonds. The van der Waals surface area contributed by atoms with Gasteiger partial charge in [0.15, 0.2) is 0 Å². The van der Waals surface area contributed by atoms with Gasteiger partial charge in [0.2, 0.25) is 0 Å². The Balaban J connectivity index is 1.72. The monoisotopic (exact) mass is 533 g/mol. The van der Waals surface area contributed by atoms with Gasteiger partial charge in [0.1, 0.15) is 22.7 Å². The molecule has 2 aromatic heterocycles. The second kappa shape index (κ2) is 9.55. The van der Waals surface area contributed by atoms with Gasteiger partial charge < -0.3 is 24.7 Å². The van der Waals surface area contributed by atoms with E-state index in [0.29, 0.717) is 57.8 Å². The minimum absolute atomic E-state index is 0.148. The van der Waals surface area contributed by atoms with Crippen molar-refractivity contribution < 1.29 is 23.5 Å². The van der Waals surface area contributed by atoms with Crippen molar-refractivity contribution in [2.45, 2.75) is 65.2 Å². The molecule has 1 aliphatic rings. The molecule has 4 rings (SSSR count). The first-order valence-corrected chi connectivity index (χ1v) is 12.5. The number of anilines is 2. The lowest BCUT2D eigenvalue weighted by Crippen LogP contribution is -2.40. The number of nitrogens with zero attached hydrogens (tertiary/aromatic N) is 3. The molecule has 0 aliphatic carbocycles. The molecule has 9 nitrogen and oxygen atoms in total. The molecule has 0 saturated carbocycles. The Morgan fingerprint density at radius 2 is 1.86 bits per heavy atom. The second-order valence-corrected chi connectivity index (χ2v) is 11.7. The second-order valence-electron chi connectivity index (χ2n) is 11.3. The maximum atomic E-state index is 14.9. The fraction of sp³-hybridized carbons (Fsp3) is 0.500. The lowest BCUT2D eigenvalue weighted by Gasteiger charge is -2.25. The molecule has 0 bridgehead atoms. The fourth-order valence-electron chi connectivity index (χ4n) is 4.43. The van der Waals surface area contributed by atoms with Crippen LogP contribution in [0.25, 0.3) is 21.9 Å². The Morgan fingerprint density at radius 3 is 2.51 bits per heavy atom. The smallest absolute Gasteiger partial charge is 0.414 e. The largest absolute Gasteiger partial charge is 0.444 e. The molecule has 37 heavy (non-hydrogen) atoms. The van der Waals surface area contributed by atoms with Crippen LogP contribution in [0.1, 0.15) is 48.0 Å². The average molecular weight is 534 g/mol. The van der Waals surface area contributed by atoms with E-state index < -0.39 is 29.2 Å². The van der Waals surface area contributed by atoms with E-state index in [4.69, 9.17) is 21.1 Å². The van der Waals surface area contributed by atoms with Gasteiger partial charge in [-0.3, -0.25) is 4.90 Å². The maximum Gasteiger partial charge on any atom is 0.414 e. The van der Waals surface area contributed by atoms with Gasteiger partial charge in [-0.05, 0) is 60.1 Å². The first-order valence-electron chi connectivity index (χ1n) is 12.1. The van der Waals surface area contributed by atoms with Crippen molar-refractivity contribution in [1.29, 1.82) is 0 Å². The third kappa shape index (κ3) is 5.84. The molecule has 0 unspecified atom stereocenters. The number of amides is 2. The summed E-state index contributed by atoms with van der Waals surface area (Å²) in [7, 11) is 1.53. The Morgan fingerprint density at radius 1 is 1.19 bits per heavy atom. The SMILES string of the molecule is CN(C(=O)OC(C)(C)C)c1cc(F)cc2c1[nH]c1ncc(Cl)c(N3CC[C@@H](NC(=O)OC(C)(C)C)C3)c12. The number of nitrogens with one attached hydrogen (secondary N) is 2. The number of aromatic nitrogens is 2. The van der Waals surface area contributed by atoms with Crippen LogP contribution in [0, 0.1) is 5.82 Å². The minimum atomic E-state index is -0.708. The summed E-state index contributed by atoms with van der Waals surface area (Å²) in [4.78, 5) is 36.0. The number of halogens is 2. The third-order valence-electron chi connectivity index (χ3n) is 5.86. The summed E-state index contributed by atoms with van der Waals surface area (Å²) in [6.45, 7) is 11.8. The molecular weight excluding hydrogens is 501 g/mol. The van der Waals surface area contributed by atoms with E-state index in [1.165, 1.54) is 30.3 Å². The molecule has 1 fully saturated rings. The van der Waals surface area contributed by atoms with E-state index in [0.717, 1.165) is 0 Å². The molecule has 1 aliphatic heterocycles. The molecule has 200 valence electrons. The predicted molar refractivity (Wildman–Crippen MR) is 143 cm³/mol. The van der Waals surface area contributed by atoms with Crippen molar-refractivity contribution in [2.75, 3.05) is 29.9 Å². The van der Waals surface area contributed by atoms with Gasteiger partial charge in [-0.1, -0.05) is 11.6 Å². The first-order chi connectivity index (χ1) is 17.1. The van der Waals surface area contributed by atoms with Gasteiger partial charge in [0.25, 0.3) is 0 Å². The van der Waals surface area contributed by atoms with Crippen molar-refractivity contribution in [3.63, 3.8) is 0 Å². The summed E-state index contributed by atoms with van der Waals surface area (Å²) in [5.41, 5.74) is 0.727. The predicted octanol–water partition coefficient (Wildman–Crippen LogP) is 5.98. The van der Waals surface area contributed by atoms with E-state index in [1.807, 2.05) is 25.7 Å². The standard InChI is InChI=1S/C26H33ClFN5O4/c1-25(2,3)36-23(34)30-15-8-9-33(13-15)21-17(27)12-29-22-19(21)16-10-14(28)11-18(20(16)31-22)32(7)24(35)37-26(4,5)6/h10-12,15H,8-9,13H2,1-7H3,(H,29,31)(H,30,34)/t15-/m1/s1. The molecule has 3 aromatic rings. The molecule has 0 spiro atoms. The highest BCUT2D eigenvalue weighted by atomic mass is 35.5. The third-order valence-corrected chi connectivity index (χ3v) is 6.13. The van der Waals surface area contributed by atoms with Crippen LogP contribution in [0.2, 0.25) is 5.02 Å². The molecule has 2 N–H and O–H groups in total. The van der Waals surface area contributed by atoms with Crippen LogP contribution in [-0.4, -0.2) is 59.5 Å². The summed E-state index contributed by atoms with van der Waals surface area (Å²) >= 11 is 6.64. The van der Waals surface area contributed by atoms with Crippen molar-refractivity contribution >= 4 is 57.1 Å². The number of aromatic amines is 1. The lowest BCUT2D eigenvalue weighted by molar-refractivity contribution is 0.0507. The van der Waals surface area contributed by atoms with Gasteiger partial charge in [0, 0.05) is 25.5 Å². The van der Waals surface area contributed by atoms with Crippen LogP contribution >= 0.6 is 11.6 Å². The quantitative estimate of drug-likeness (QED) is 0.429. The summed E-state index contributed by atoms with van der Waals surface area (Å²) in [6, 6.07) is 2.53. The average Bonchev–Trinajstić information content (AvgIpc) is 3.34. The highest BCUT2D eigenvalue weighted by Crippen LogP contribution is 2.42. The minimum Gasteiger partial charge on any atom is -0.444 e. The van der Waals surface area contributed by atoms with Gasteiger partial charge in [-0.15, -0.1) is 0 Å². The van der Waals surface area contributed by atoms with Gasteiger partial charge >= 0.3 is 12.2 Å². The molecule has 11 heteroatoms. The summed E-state index contributed by atoms with van der Waals surface area (Å²) in [5.74, 6) is -0.518. The molecule has 0 radical (unpaired) electrons. The Kier molecular flexibility index (Phi) is 6.92. The van der Waals surface area contributed by atoms with Crippen molar-refractivity contribution in [3.8, 4) is 0 Å². The normalized spacial score (nSPS) is 16.4. The fourth-order valence-corrected chi connectivity index (χ4v) is 4.69. The zero-order valence-electron chi connectivity index (χ0n) is 22.2. The Labute approximate surface area is 220 Å². The van der Waals surface area contributed by atoms with Crippen LogP contribution < -0.4 is 15.1 Å². The molecule has 1 atom stereocenters. The first kappa shape index (κ1) is 26.8. The van der Waals surface area contributed by atoms with E-state index in [9.17, 15) is 14.0 Å². The summed E-state index contributed by atoms with van der Waals surface area (Å²) in [6.07, 6.45) is 1.13. The Bertz CT molecular complexity index is 1360. The van der Waals surface area contributed by atoms with Crippen LogP contribution in [-0.2, 0) is 9.47 Å². The van der Waals surface area contributed by atoms with Crippen LogP contribution in [0.3, 0.4) is 0 Å². The number of fused-ring (bicyclic) bond motifs is 3. The van der Waals surface area contributed by atoms with Gasteiger partial charge in [0.05, 0.1) is 39.5 Å². The van der Waals surface area contributed by atoms with Crippen LogP contribution in [0.4, 0.5) is 25.4 Å². The van der Waals surface area contributed by atoms with E-state index in [2.05, 4.69) is 15.3 Å². The number of ether oxygens (including phenoxy) is 2.